The number of para-hydroxylation sites is 2. The molecule has 0 amide bonds. The number of hydrogen-bond donors (Lipinski definition) is 2. The summed E-state index contributed by atoms with van der Waals surface area (Å²) in [6.07, 6.45) is 1.18. The van der Waals surface area contributed by atoms with Crippen molar-refractivity contribution >= 4 is 5.69 Å². The van der Waals surface area contributed by atoms with Gasteiger partial charge in [0, 0.05) is 12.6 Å². The van der Waals surface area contributed by atoms with Crippen molar-refractivity contribution in [2.45, 2.75) is 19.4 Å². The molecular formula is C12H18N2O. The maximum absolute atomic E-state index is 5.56. The zero-order chi connectivity index (χ0) is 10.5. The summed E-state index contributed by atoms with van der Waals surface area (Å²) in [5.41, 5.74) is 1.10. The third-order valence-electron chi connectivity index (χ3n) is 2.61. The van der Waals surface area contributed by atoms with Crippen molar-refractivity contribution in [1.82, 2.24) is 5.32 Å². The topological polar surface area (TPSA) is 33.3 Å². The summed E-state index contributed by atoms with van der Waals surface area (Å²) in [6, 6.07) is 8.65. The molecule has 1 aromatic rings. The highest BCUT2D eigenvalue weighted by atomic mass is 16.5. The molecule has 2 N–H and O–H groups in total. The molecule has 3 nitrogen and oxygen atoms in total. The molecule has 1 saturated heterocycles. The first-order valence-electron chi connectivity index (χ1n) is 5.59. The molecule has 0 spiro atoms. The van der Waals surface area contributed by atoms with Gasteiger partial charge in [0.25, 0.3) is 0 Å². The molecular weight excluding hydrogens is 188 g/mol. The molecule has 1 heterocycles. The highest BCUT2D eigenvalue weighted by Gasteiger charge is 2.15. The van der Waals surface area contributed by atoms with E-state index in [1.807, 2.05) is 25.1 Å². The van der Waals surface area contributed by atoms with Gasteiger partial charge in [0.2, 0.25) is 0 Å². The van der Waals surface area contributed by atoms with Gasteiger partial charge in [0.1, 0.15) is 5.75 Å². The Morgan fingerprint density at radius 3 is 3.07 bits per heavy atom. The molecule has 3 heteroatoms. The third-order valence-corrected chi connectivity index (χ3v) is 2.61. The molecule has 2 rings (SSSR count). The van der Waals surface area contributed by atoms with E-state index in [1.54, 1.807) is 0 Å². The number of benzene rings is 1. The van der Waals surface area contributed by atoms with E-state index in [0.29, 0.717) is 12.6 Å². The van der Waals surface area contributed by atoms with Crippen LogP contribution in [0.15, 0.2) is 24.3 Å². The standard InChI is InChI=1S/C12H18N2O/c1-2-15-12-6-4-3-5-11(12)14-10-7-8-13-9-10/h3-6,10,13-14H,2,7-9H2,1H3. The first kappa shape index (κ1) is 10.3. The van der Waals surface area contributed by atoms with Crippen LogP contribution in [0.5, 0.6) is 5.75 Å². The van der Waals surface area contributed by atoms with Crippen molar-refractivity contribution in [3.8, 4) is 5.75 Å². The fourth-order valence-electron chi connectivity index (χ4n) is 1.87. The Bertz CT molecular complexity index is 308. The molecule has 1 fully saturated rings. The van der Waals surface area contributed by atoms with Gasteiger partial charge >= 0.3 is 0 Å². The number of anilines is 1. The molecule has 15 heavy (non-hydrogen) atoms. The van der Waals surface area contributed by atoms with E-state index >= 15 is 0 Å². The molecule has 82 valence electrons. The van der Waals surface area contributed by atoms with E-state index in [2.05, 4.69) is 16.7 Å². The van der Waals surface area contributed by atoms with Gasteiger partial charge in [-0.3, -0.25) is 0 Å². The van der Waals surface area contributed by atoms with E-state index in [1.165, 1.54) is 6.42 Å². The normalized spacial score (nSPS) is 20.2. The van der Waals surface area contributed by atoms with Crippen molar-refractivity contribution in [3.63, 3.8) is 0 Å². The van der Waals surface area contributed by atoms with Gasteiger partial charge in [-0.15, -0.1) is 0 Å². The average molecular weight is 206 g/mol. The Labute approximate surface area is 90.8 Å². The predicted molar refractivity (Wildman–Crippen MR) is 62.5 cm³/mol. The van der Waals surface area contributed by atoms with Crippen LogP contribution in [0.4, 0.5) is 5.69 Å². The Morgan fingerprint density at radius 1 is 1.47 bits per heavy atom. The van der Waals surface area contributed by atoms with Crippen LogP contribution in [0.3, 0.4) is 0 Å². The lowest BCUT2D eigenvalue weighted by Gasteiger charge is -2.16. The van der Waals surface area contributed by atoms with Crippen LogP contribution < -0.4 is 15.4 Å². The monoisotopic (exact) mass is 206 g/mol. The van der Waals surface area contributed by atoms with Crippen LogP contribution in [0.1, 0.15) is 13.3 Å². The Hall–Kier alpha value is -1.22. The minimum Gasteiger partial charge on any atom is -0.492 e. The fourth-order valence-corrected chi connectivity index (χ4v) is 1.87. The van der Waals surface area contributed by atoms with E-state index in [9.17, 15) is 0 Å². The SMILES string of the molecule is CCOc1ccccc1NC1CCNC1. The number of rotatable bonds is 4. The quantitative estimate of drug-likeness (QED) is 0.789. The molecule has 0 bridgehead atoms. The second-order valence-corrected chi connectivity index (χ2v) is 3.76. The van der Waals surface area contributed by atoms with Gasteiger partial charge in [0.15, 0.2) is 0 Å². The summed E-state index contributed by atoms with van der Waals surface area (Å²) in [4.78, 5) is 0. The molecule has 1 unspecified atom stereocenters. The van der Waals surface area contributed by atoms with Crippen LogP contribution in [0.25, 0.3) is 0 Å². The Kier molecular flexibility index (Phi) is 3.45. The van der Waals surface area contributed by atoms with Gasteiger partial charge in [-0.25, -0.2) is 0 Å². The second kappa shape index (κ2) is 5.03. The molecule has 1 aromatic carbocycles. The summed E-state index contributed by atoms with van der Waals surface area (Å²) < 4.78 is 5.56. The lowest BCUT2D eigenvalue weighted by Crippen LogP contribution is -2.22. The highest BCUT2D eigenvalue weighted by molar-refractivity contribution is 5.56. The largest absolute Gasteiger partial charge is 0.492 e. The summed E-state index contributed by atoms with van der Waals surface area (Å²) in [7, 11) is 0. The molecule has 0 radical (unpaired) electrons. The van der Waals surface area contributed by atoms with Crippen LogP contribution >= 0.6 is 0 Å². The molecule has 1 aliphatic rings. The predicted octanol–water partition coefficient (Wildman–Crippen LogP) is 1.86. The van der Waals surface area contributed by atoms with E-state index < -0.39 is 0 Å². The van der Waals surface area contributed by atoms with Crippen molar-refractivity contribution in [3.05, 3.63) is 24.3 Å². The lowest BCUT2D eigenvalue weighted by molar-refractivity contribution is 0.341. The second-order valence-electron chi connectivity index (χ2n) is 3.76. The van der Waals surface area contributed by atoms with Crippen LogP contribution in [-0.4, -0.2) is 25.7 Å². The lowest BCUT2D eigenvalue weighted by atomic mass is 10.2. The Balaban J connectivity index is 2.05. The van der Waals surface area contributed by atoms with Gasteiger partial charge in [-0.1, -0.05) is 12.1 Å². The summed E-state index contributed by atoms with van der Waals surface area (Å²) in [5, 5.41) is 6.85. The van der Waals surface area contributed by atoms with E-state index in [4.69, 9.17) is 4.74 Å². The van der Waals surface area contributed by atoms with Crippen LogP contribution in [-0.2, 0) is 0 Å². The molecule has 1 atom stereocenters. The van der Waals surface area contributed by atoms with Gasteiger partial charge in [-0.2, -0.15) is 0 Å². The van der Waals surface area contributed by atoms with Gasteiger partial charge in [-0.05, 0) is 32.0 Å². The summed E-state index contributed by atoms with van der Waals surface area (Å²) in [6.45, 7) is 4.87. The first-order valence-corrected chi connectivity index (χ1v) is 5.59. The van der Waals surface area contributed by atoms with Crippen molar-refractivity contribution in [1.29, 1.82) is 0 Å². The minimum absolute atomic E-state index is 0.534. The van der Waals surface area contributed by atoms with Crippen LogP contribution in [0, 0.1) is 0 Å². The number of hydrogen-bond acceptors (Lipinski definition) is 3. The van der Waals surface area contributed by atoms with Crippen molar-refractivity contribution < 1.29 is 4.74 Å². The first-order chi connectivity index (χ1) is 7.40. The van der Waals surface area contributed by atoms with Crippen molar-refractivity contribution in [2.24, 2.45) is 0 Å². The maximum Gasteiger partial charge on any atom is 0.142 e. The smallest absolute Gasteiger partial charge is 0.142 e. The molecule has 0 saturated carbocycles. The summed E-state index contributed by atoms with van der Waals surface area (Å²) >= 11 is 0. The van der Waals surface area contributed by atoms with E-state index in [0.717, 1.165) is 24.5 Å². The molecule has 0 aromatic heterocycles. The number of ether oxygens (including phenoxy) is 1. The average Bonchev–Trinajstić information content (AvgIpc) is 2.74. The molecule has 1 aliphatic heterocycles. The highest BCUT2D eigenvalue weighted by Crippen LogP contribution is 2.25. The Morgan fingerprint density at radius 2 is 2.33 bits per heavy atom. The zero-order valence-corrected chi connectivity index (χ0v) is 9.12. The van der Waals surface area contributed by atoms with Crippen LogP contribution in [0.2, 0.25) is 0 Å². The third kappa shape index (κ3) is 2.63. The fraction of sp³-hybridized carbons (Fsp3) is 0.500. The maximum atomic E-state index is 5.56. The minimum atomic E-state index is 0.534. The van der Waals surface area contributed by atoms with Gasteiger partial charge < -0.3 is 15.4 Å². The van der Waals surface area contributed by atoms with Gasteiger partial charge in [0.05, 0.1) is 12.3 Å². The number of nitrogens with one attached hydrogen (secondary N) is 2. The van der Waals surface area contributed by atoms with E-state index in [-0.39, 0.29) is 0 Å². The summed E-state index contributed by atoms with van der Waals surface area (Å²) in [5.74, 6) is 0.951. The van der Waals surface area contributed by atoms with Crippen molar-refractivity contribution in [2.75, 3.05) is 25.0 Å². The zero-order valence-electron chi connectivity index (χ0n) is 9.12. The molecule has 0 aliphatic carbocycles.